The van der Waals surface area contributed by atoms with Gasteiger partial charge in [-0.3, -0.25) is 4.79 Å². The monoisotopic (exact) mass is 401 g/mol. The molecule has 7 heteroatoms. The molecule has 0 fully saturated rings. The van der Waals surface area contributed by atoms with Gasteiger partial charge in [-0.15, -0.1) is 0 Å². The molecule has 3 heterocycles. The van der Waals surface area contributed by atoms with Crippen molar-refractivity contribution in [3.05, 3.63) is 90.1 Å². The highest BCUT2D eigenvalue weighted by Gasteiger charge is 2.21. The van der Waals surface area contributed by atoms with Crippen molar-refractivity contribution in [1.82, 2.24) is 14.9 Å². The summed E-state index contributed by atoms with van der Waals surface area (Å²) < 4.78 is 16.2. The van der Waals surface area contributed by atoms with Gasteiger partial charge in [-0.2, -0.15) is 0 Å². The van der Waals surface area contributed by atoms with E-state index in [-0.39, 0.29) is 12.7 Å². The lowest BCUT2D eigenvalue weighted by Crippen LogP contribution is -2.30. The van der Waals surface area contributed by atoms with Gasteiger partial charge in [-0.05, 0) is 29.8 Å². The molecule has 1 N–H and O–H groups in total. The molecule has 4 aromatic rings. The lowest BCUT2D eigenvalue weighted by molar-refractivity contribution is 0.0695. The van der Waals surface area contributed by atoms with Crippen molar-refractivity contribution in [3.63, 3.8) is 0 Å². The summed E-state index contributed by atoms with van der Waals surface area (Å²) in [6, 6.07) is 18.9. The molecule has 1 aliphatic rings. The average Bonchev–Trinajstić information content (AvgIpc) is 3.54. The van der Waals surface area contributed by atoms with Crippen LogP contribution >= 0.6 is 0 Å². The number of aromatic nitrogens is 2. The van der Waals surface area contributed by atoms with Gasteiger partial charge in [0, 0.05) is 12.1 Å². The van der Waals surface area contributed by atoms with Crippen LogP contribution in [-0.4, -0.2) is 27.6 Å². The number of fused-ring (bicyclic) bond motifs is 1. The van der Waals surface area contributed by atoms with E-state index in [0.29, 0.717) is 30.3 Å². The van der Waals surface area contributed by atoms with Crippen LogP contribution in [0.15, 0.2) is 77.5 Å². The Labute approximate surface area is 172 Å². The zero-order chi connectivity index (χ0) is 20.3. The fourth-order valence-electron chi connectivity index (χ4n) is 3.40. The Balaban J connectivity index is 1.40. The van der Waals surface area contributed by atoms with E-state index in [9.17, 15) is 4.79 Å². The second kappa shape index (κ2) is 7.79. The van der Waals surface area contributed by atoms with Crippen LogP contribution in [0.3, 0.4) is 0 Å². The molecule has 0 aliphatic carbocycles. The molecule has 0 atom stereocenters. The van der Waals surface area contributed by atoms with Gasteiger partial charge < -0.3 is 23.8 Å². The number of benzene rings is 2. The maximum atomic E-state index is 13.1. The number of aromatic amines is 1. The van der Waals surface area contributed by atoms with E-state index >= 15 is 0 Å². The topological polar surface area (TPSA) is 80.6 Å². The van der Waals surface area contributed by atoms with E-state index < -0.39 is 0 Å². The molecule has 5 rings (SSSR count). The molecule has 0 bridgehead atoms. The van der Waals surface area contributed by atoms with Crippen LogP contribution in [0.5, 0.6) is 11.5 Å². The lowest BCUT2D eigenvalue weighted by Gasteiger charge is -2.21. The fourth-order valence-corrected chi connectivity index (χ4v) is 3.40. The summed E-state index contributed by atoms with van der Waals surface area (Å²) in [7, 11) is 0. The third-order valence-electron chi connectivity index (χ3n) is 4.87. The third-order valence-corrected chi connectivity index (χ3v) is 4.87. The van der Waals surface area contributed by atoms with E-state index in [1.54, 1.807) is 23.2 Å². The Bertz CT molecular complexity index is 1150. The smallest absolute Gasteiger partial charge is 0.290 e. The molecule has 7 nitrogen and oxygen atoms in total. The van der Waals surface area contributed by atoms with Gasteiger partial charge in [0.1, 0.15) is 5.82 Å². The average molecular weight is 401 g/mol. The van der Waals surface area contributed by atoms with Crippen molar-refractivity contribution in [2.24, 2.45) is 0 Å². The third kappa shape index (κ3) is 3.65. The molecule has 0 unspecified atom stereocenters. The fraction of sp³-hybridized carbons (Fsp3) is 0.130. The number of ether oxygens (including phenoxy) is 2. The van der Waals surface area contributed by atoms with Gasteiger partial charge in [0.2, 0.25) is 6.79 Å². The Morgan fingerprint density at radius 1 is 1.00 bits per heavy atom. The van der Waals surface area contributed by atoms with Crippen molar-refractivity contribution in [2.75, 3.05) is 6.79 Å². The van der Waals surface area contributed by atoms with Crippen LogP contribution in [0.2, 0.25) is 0 Å². The molecule has 1 amide bonds. The van der Waals surface area contributed by atoms with Crippen molar-refractivity contribution < 1.29 is 18.7 Å². The predicted molar refractivity (Wildman–Crippen MR) is 109 cm³/mol. The Hall–Kier alpha value is -4.00. The first-order chi connectivity index (χ1) is 14.8. The number of carbonyl (C=O) groups excluding carboxylic acids is 1. The Morgan fingerprint density at radius 3 is 2.70 bits per heavy atom. The summed E-state index contributed by atoms with van der Waals surface area (Å²) in [5, 5.41) is 0. The summed E-state index contributed by atoms with van der Waals surface area (Å²) in [5.41, 5.74) is 2.75. The SMILES string of the molecule is O=C(c1ccco1)N(Cc1ccc2c(c1)OCO2)Cc1cnc(-c2ccccc2)[nH]1. The van der Waals surface area contributed by atoms with Crippen molar-refractivity contribution in [1.29, 1.82) is 0 Å². The molecular weight excluding hydrogens is 382 g/mol. The normalized spacial score (nSPS) is 12.1. The number of hydrogen-bond acceptors (Lipinski definition) is 5. The van der Waals surface area contributed by atoms with Crippen LogP contribution in [0, 0.1) is 0 Å². The van der Waals surface area contributed by atoms with Gasteiger partial charge in [0.15, 0.2) is 17.3 Å². The van der Waals surface area contributed by atoms with Gasteiger partial charge in [0.05, 0.1) is 24.7 Å². The van der Waals surface area contributed by atoms with Gasteiger partial charge in [-0.25, -0.2) is 4.98 Å². The molecule has 1 aliphatic heterocycles. The number of H-pyrrole nitrogens is 1. The number of imidazole rings is 1. The largest absolute Gasteiger partial charge is 0.459 e. The first kappa shape index (κ1) is 18.1. The molecule has 0 radical (unpaired) electrons. The number of nitrogens with zero attached hydrogens (tertiary/aromatic N) is 2. The van der Waals surface area contributed by atoms with Crippen LogP contribution in [0.4, 0.5) is 0 Å². The molecular formula is C23H19N3O4. The lowest BCUT2D eigenvalue weighted by atomic mass is 10.1. The van der Waals surface area contributed by atoms with Crippen LogP contribution in [0.25, 0.3) is 11.4 Å². The second-order valence-corrected chi connectivity index (χ2v) is 6.95. The maximum Gasteiger partial charge on any atom is 0.290 e. The van der Waals surface area contributed by atoms with Gasteiger partial charge in [-0.1, -0.05) is 36.4 Å². The van der Waals surface area contributed by atoms with E-state index in [2.05, 4.69) is 9.97 Å². The zero-order valence-corrected chi connectivity index (χ0v) is 16.1. The summed E-state index contributed by atoms with van der Waals surface area (Å²) in [5.74, 6) is 2.25. The molecule has 0 spiro atoms. The number of furan rings is 1. The first-order valence-electron chi connectivity index (χ1n) is 9.57. The number of carbonyl (C=O) groups is 1. The molecule has 2 aromatic carbocycles. The van der Waals surface area contributed by atoms with E-state index in [4.69, 9.17) is 13.9 Å². The minimum Gasteiger partial charge on any atom is -0.459 e. The quantitative estimate of drug-likeness (QED) is 0.523. The van der Waals surface area contributed by atoms with Gasteiger partial charge in [0.25, 0.3) is 5.91 Å². The Morgan fingerprint density at radius 2 is 1.87 bits per heavy atom. The summed E-state index contributed by atoms with van der Waals surface area (Å²) in [4.78, 5) is 22.5. The minimum absolute atomic E-state index is 0.200. The van der Waals surface area contributed by atoms with Crippen molar-refractivity contribution in [3.8, 4) is 22.9 Å². The number of rotatable bonds is 6. The van der Waals surface area contributed by atoms with E-state index in [1.165, 1.54) is 6.26 Å². The standard InChI is InChI=1S/C23H19N3O4/c27-23(20-7-4-10-28-20)26(13-16-8-9-19-21(11-16)30-15-29-19)14-18-12-24-22(25-18)17-5-2-1-3-6-17/h1-12H,13-15H2,(H,24,25). The van der Waals surface area contributed by atoms with Gasteiger partial charge >= 0.3 is 0 Å². The summed E-state index contributed by atoms with van der Waals surface area (Å²) >= 11 is 0. The number of nitrogens with one attached hydrogen (secondary N) is 1. The highest BCUT2D eigenvalue weighted by molar-refractivity contribution is 5.91. The molecule has 30 heavy (non-hydrogen) atoms. The highest BCUT2D eigenvalue weighted by atomic mass is 16.7. The van der Waals surface area contributed by atoms with Crippen LogP contribution in [0.1, 0.15) is 21.8 Å². The predicted octanol–water partition coefficient (Wildman–Crippen LogP) is 4.24. The van der Waals surface area contributed by atoms with Crippen LogP contribution in [-0.2, 0) is 13.1 Å². The van der Waals surface area contributed by atoms with Crippen molar-refractivity contribution in [2.45, 2.75) is 13.1 Å². The Kier molecular flexibility index (Phi) is 4.69. The first-order valence-corrected chi connectivity index (χ1v) is 9.57. The van der Waals surface area contributed by atoms with E-state index in [0.717, 1.165) is 22.6 Å². The molecule has 0 saturated heterocycles. The zero-order valence-electron chi connectivity index (χ0n) is 16.1. The van der Waals surface area contributed by atoms with Crippen molar-refractivity contribution >= 4 is 5.91 Å². The summed E-state index contributed by atoms with van der Waals surface area (Å²) in [6.45, 7) is 0.952. The molecule has 0 saturated carbocycles. The highest BCUT2D eigenvalue weighted by Crippen LogP contribution is 2.33. The molecule has 150 valence electrons. The number of hydrogen-bond donors (Lipinski definition) is 1. The number of amides is 1. The maximum absolute atomic E-state index is 13.1. The minimum atomic E-state index is -0.200. The summed E-state index contributed by atoms with van der Waals surface area (Å²) in [6.07, 6.45) is 3.25. The van der Waals surface area contributed by atoms with Crippen LogP contribution < -0.4 is 9.47 Å². The molecule has 2 aromatic heterocycles. The second-order valence-electron chi connectivity index (χ2n) is 6.95. The van der Waals surface area contributed by atoms with E-state index in [1.807, 2.05) is 48.5 Å².